The minimum Gasteiger partial charge on any atom is -0.305 e. The highest BCUT2D eigenvalue weighted by molar-refractivity contribution is 5.96. The third-order valence-corrected chi connectivity index (χ3v) is 4.49. The van der Waals surface area contributed by atoms with Gasteiger partial charge in [0.1, 0.15) is 0 Å². The molecule has 0 bridgehead atoms. The van der Waals surface area contributed by atoms with Crippen LogP contribution in [-0.2, 0) is 6.42 Å². The molecule has 0 heterocycles. The van der Waals surface area contributed by atoms with E-state index in [1.54, 1.807) is 5.56 Å². The van der Waals surface area contributed by atoms with E-state index in [-0.39, 0.29) is 0 Å². The van der Waals surface area contributed by atoms with Crippen LogP contribution in [-0.4, -0.2) is 5.71 Å². The summed E-state index contributed by atoms with van der Waals surface area (Å²) in [6, 6.07) is 15.3. The third-order valence-electron chi connectivity index (χ3n) is 4.49. The molecule has 3 rings (SSSR count). The summed E-state index contributed by atoms with van der Waals surface area (Å²) in [6.07, 6.45) is 3.73. The standard InChI is InChI=1S/C19H21N/c1-13-5-3-8-19-17(13)6-4-7-18(19)16-11-9-15(10-12-16)14(2)20/h3,5,8-12,18,20H,4,6-7H2,1-2H3. The second kappa shape index (κ2) is 5.24. The fourth-order valence-corrected chi connectivity index (χ4v) is 3.34. The van der Waals surface area contributed by atoms with E-state index in [9.17, 15) is 0 Å². The third kappa shape index (κ3) is 2.29. The molecule has 0 amide bonds. The molecule has 0 saturated heterocycles. The lowest BCUT2D eigenvalue weighted by Crippen LogP contribution is -2.12. The van der Waals surface area contributed by atoms with Gasteiger partial charge in [-0.1, -0.05) is 42.5 Å². The number of aryl methyl sites for hydroxylation is 1. The Balaban J connectivity index is 2.00. The van der Waals surface area contributed by atoms with Crippen LogP contribution in [0.25, 0.3) is 0 Å². The predicted octanol–water partition coefficient (Wildman–Crippen LogP) is 4.85. The molecule has 0 aromatic heterocycles. The smallest absolute Gasteiger partial charge is 0.0355 e. The lowest BCUT2D eigenvalue weighted by atomic mass is 9.77. The van der Waals surface area contributed by atoms with Gasteiger partial charge >= 0.3 is 0 Å². The first kappa shape index (κ1) is 13.1. The van der Waals surface area contributed by atoms with Crippen LogP contribution in [0.1, 0.15) is 53.5 Å². The van der Waals surface area contributed by atoms with Gasteiger partial charge < -0.3 is 5.41 Å². The maximum absolute atomic E-state index is 7.70. The van der Waals surface area contributed by atoms with Gasteiger partial charge in [-0.3, -0.25) is 0 Å². The van der Waals surface area contributed by atoms with Gasteiger partial charge in [-0.2, -0.15) is 0 Å². The molecule has 2 aromatic carbocycles. The molecule has 1 aliphatic rings. The zero-order chi connectivity index (χ0) is 14.1. The lowest BCUT2D eigenvalue weighted by molar-refractivity contribution is 0.613. The average molecular weight is 263 g/mol. The van der Waals surface area contributed by atoms with Crippen LogP contribution in [0.2, 0.25) is 0 Å². The maximum atomic E-state index is 7.70. The van der Waals surface area contributed by atoms with Crippen molar-refractivity contribution in [2.75, 3.05) is 0 Å². The van der Waals surface area contributed by atoms with E-state index >= 15 is 0 Å². The normalized spacial score (nSPS) is 17.6. The van der Waals surface area contributed by atoms with Crippen molar-refractivity contribution < 1.29 is 0 Å². The molecular formula is C19H21N. The Hall–Kier alpha value is -1.89. The van der Waals surface area contributed by atoms with Crippen molar-refractivity contribution in [1.82, 2.24) is 0 Å². The molecule has 1 heteroatoms. The number of benzene rings is 2. The molecule has 0 aliphatic heterocycles. The molecule has 0 fully saturated rings. The quantitative estimate of drug-likeness (QED) is 0.749. The molecule has 1 atom stereocenters. The zero-order valence-corrected chi connectivity index (χ0v) is 12.2. The zero-order valence-electron chi connectivity index (χ0n) is 12.2. The van der Waals surface area contributed by atoms with Crippen LogP contribution in [0, 0.1) is 12.3 Å². The minimum absolute atomic E-state index is 0.527. The van der Waals surface area contributed by atoms with Gasteiger partial charge in [0, 0.05) is 11.6 Å². The maximum Gasteiger partial charge on any atom is 0.0355 e. The fourth-order valence-electron chi connectivity index (χ4n) is 3.34. The summed E-state index contributed by atoms with van der Waals surface area (Å²) in [5.74, 6) is 0.527. The monoisotopic (exact) mass is 263 g/mol. The van der Waals surface area contributed by atoms with Gasteiger partial charge in [-0.15, -0.1) is 0 Å². The Labute approximate surface area is 121 Å². The van der Waals surface area contributed by atoms with Gasteiger partial charge in [0.05, 0.1) is 0 Å². The summed E-state index contributed by atoms with van der Waals surface area (Å²) in [6.45, 7) is 4.07. The first-order valence-corrected chi connectivity index (χ1v) is 7.40. The number of fused-ring (bicyclic) bond motifs is 1. The van der Waals surface area contributed by atoms with E-state index in [0.717, 1.165) is 5.56 Å². The summed E-state index contributed by atoms with van der Waals surface area (Å²) in [5, 5.41) is 7.70. The van der Waals surface area contributed by atoms with Gasteiger partial charge in [0.2, 0.25) is 0 Å². The number of nitrogens with one attached hydrogen (secondary N) is 1. The second-order valence-corrected chi connectivity index (χ2v) is 5.83. The summed E-state index contributed by atoms with van der Waals surface area (Å²) >= 11 is 0. The molecule has 1 aliphatic carbocycles. The predicted molar refractivity (Wildman–Crippen MR) is 84.9 cm³/mol. The molecule has 1 unspecified atom stereocenters. The van der Waals surface area contributed by atoms with Crippen molar-refractivity contribution in [2.45, 2.75) is 39.0 Å². The Bertz CT molecular complexity index is 637. The van der Waals surface area contributed by atoms with Crippen molar-refractivity contribution >= 4 is 5.71 Å². The van der Waals surface area contributed by atoms with Crippen LogP contribution >= 0.6 is 0 Å². The molecule has 0 radical (unpaired) electrons. The van der Waals surface area contributed by atoms with Gasteiger partial charge in [0.15, 0.2) is 0 Å². The second-order valence-electron chi connectivity index (χ2n) is 5.83. The highest BCUT2D eigenvalue weighted by Crippen LogP contribution is 2.37. The van der Waals surface area contributed by atoms with E-state index in [0.29, 0.717) is 11.6 Å². The van der Waals surface area contributed by atoms with Crippen LogP contribution in [0.3, 0.4) is 0 Å². The Kier molecular flexibility index (Phi) is 3.43. The highest BCUT2D eigenvalue weighted by atomic mass is 14.4. The molecule has 0 saturated carbocycles. The van der Waals surface area contributed by atoms with E-state index in [1.165, 1.54) is 36.0 Å². The van der Waals surface area contributed by atoms with Crippen molar-refractivity contribution in [3.8, 4) is 0 Å². The van der Waals surface area contributed by atoms with Crippen LogP contribution < -0.4 is 0 Å². The first-order chi connectivity index (χ1) is 9.66. The number of hydrogen-bond donors (Lipinski definition) is 1. The van der Waals surface area contributed by atoms with Crippen LogP contribution in [0.4, 0.5) is 0 Å². The van der Waals surface area contributed by atoms with Crippen molar-refractivity contribution in [3.05, 3.63) is 70.3 Å². The molecular weight excluding hydrogens is 242 g/mol. The number of rotatable bonds is 2. The topological polar surface area (TPSA) is 23.9 Å². The Morgan fingerprint density at radius 1 is 1.10 bits per heavy atom. The fraction of sp³-hybridized carbons (Fsp3) is 0.316. The van der Waals surface area contributed by atoms with E-state index < -0.39 is 0 Å². The molecule has 1 nitrogen and oxygen atoms in total. The largest absolute Gasteiger partial charge is 0.305 e. The van der Waals surface area contributed by atoms with Gasteiger partial charge in [-0.05, 0) is 60.9 Å². The Morgan fingerprint density at radius 3 is 2.55 bits per heavy atom. The van der Waals surface area contributed by atoms with E-state index in [4.69, 9.17) is 5.41 Å². The van der Waals surface area contributed by atoms with Crippen LogP contribution in [0.5, 0.6) is 0 Å². The minimum atomic E-state index is 0.527. The average Bonchev–Trinajstić information content (AvgIpc) is 2.47. The highest BCUT2D eigenvalue weighted by Gasteiger charge is 2.22. The Morgan fingerprint density at radius 2 is 1.85 bits per heavy atom. The van der Waals surface area contributed by atoms with Crippen molar-refractivity contribution in [3.63, 3.8) is 0 Å². The van der Waals surface area contributed by atoms with Crippen molar-refractivity contribution in [2.24, 2.45) is 0 Å². The van der Waals surface area contributed by atoms with Gasteiger partial charge in [0.25, 0.3) is 0 Å². The SMILES string of the molecule is CC(=N)c1ccc(C2CCCc3c(C)cccc32)cc1. The van der Waals surface area contributed by atoms with E-state index in [2.05, 4.69) is 49.4 Å². The van der Waals surface area contributed by atoms with E-state index in [1.807, 2.05) is 6.92 Å². The lowest BCUT2D eigenvalue weighted by Gasteiger charge is -2.27. The summed E-state index contributed by atoms with van der Waals surface area (Å²) in [4.78, 5) is 0. The molecule has 1 N–H and O–H groups in total. The summed E-state index contributed by atoms with van der Waals surface area (Å²) in [5.41, 5.74) is 7.54. The first-order valence-electron chi connectivity index (χ1n) is 7.40. The molecule has 2 aromatic rings. The molecule has 102 valence electrons. The number of hydrogen-bond acceptors (Lipinski definition) is 1. The molecule has 0 spiro atoms. The summed E-state index contributed by atoms with van der Waals surface area (Å²) in [7, 11) is 0. The molecule has 20 heavy (non-hydrogen) atoms. The summed E-state index contributed by atoms with van der Waals surface area (Å²) < 4.78 is 0. The van der Waals surface area contributed by atoms with Gasteiger partial charge in [-0.25, -0.2) is 0 Å². The van der Waals surface area contributed by atoms with Crippen LogP contribution in [0.15, 0.2) is 42.5 Å². The van der Waals surface area contributed by atoms with Crippen molar-refractivity contribution in [1.29, 1.82) is 5.41 Å².